The molecule has 2 heteroatoms. The molecule has 110 valence electrons. The van der Waals surface area contributed by atoms with Gasteiger partial charge < -0.3 is 5.11 Å². The van der Waals surface area contributed by atoms with E-state index in [1.807, 2.05) is 24.3 Å². The van der Waals surface area contributed by atoms with Crippen molar-refractivity contribution < 1.29 is 5.11 Å². The van der Waals surface area contributed by atoms with Crippen LogP contribution in [0.5, 0.6) is 0 Å². The van der Waals surface area contributed by atoms with Crippen molar-refractivity contribution in [1.82, 2.24) is 0 Å². The van der Waals surface area contributed by atoms with Crippen LogP contribution in [-0.4, -0.2) is 10.7 Å². The first-order valence-electron chi connectivity index (χ1n) is 7.67. The lowest BCUT2D eigenvalue weighted by molar-refractivity contribution is -0.000441. The van der Waals surface area contributed by atoms with E-state index in [2.05, 4.69) is 30.3 Å². The number of halogens is 1. The van der Waals surface area contributed by atoms with Crippen molar-refractivity contribution in [3.8, 4) is 0 Å². The third-order valence-corrected chi connectivity index (χ3v) is 5.03. The molecule has 3 rings (SSSR count). The second kappa shape index (κ2) is 6.21. The van der Waals surface area contributed by atoms with Gasteiger partial charge in [-0.15, -0.1) is 0 Å². The molecule has 0 atom stereocenters. The molecule has 21 heavy (non-hydrogen) atoms. The Hall–Kier alpha value is -1.31. The van der Waals surface area contributed by atoms with E-state index >= 15 is 0 Å². The summed E-state index contributed by atoms with van der Waals surface area (Å²) in [6.07, 6.45) is 4.44. The van der Waals surface area contributed by atoms with E-state index in [1.54, 1.807) is 0 Å². The van der Waals surface area contributed by atoms with Gasteiger partial charge in [-0.2, -0.15) is 0 Å². The minimum Gasteiger partial charge on any atom is -0.390 e. The van der Waals surface area contributed by atoms with Gasteiger partial charge in [0, 0.05) is 11.4 Å². The molecule has 1 saturated carbocycles. The molecule has 0 aromatic heterocycles. The Balaban J connectivity index is 1.66. The highest BCUT2D eigenvalue weighted by atomic mass is 35.5. The van der Waals surface area contributed by atoms with Crippen LogP contribution in [0.25, 0.3) is 0 Å². The highest BCUT2D eigenvalue weighted by molar-refractivity contribution is 6.31. The van der Waals surface area contributed by atoms with E-state index in [-0.39, 0.29) is 0 Å². The highest BCUT2D eigenvalue weighted by Crippen LogP contribution is 2.40. The smallest absolute Gasteiger partial charge is 0.0689 e. The van der Waals surface area contributed by atoms with Crippen molar-refractivity contribution in [2.45, 2.75) is 43.6 Å². The monoisotopic (exact) mass is 300 g/mol. The Kier molecular flexibility index (Phi) is 4.32. The fraction of sp³-hybridized carbons (Fsp3) is 0.368. The normalized spacial score (nSPS) is 25.7. The largest absolute Gasteiger partial charge is 0.390 e. The van der Waals surface area contributed by atoms with Gasteiger partial charge >= 0.3 is 0 Å². The molecule has 0 heterocycles. The molecule has 1 fully saturated rings. The SMILES string of the molecule is OC1(Cc2ccccc2Cl)CCC(c2ccccc2)CC1. The Morgan fingerprint density at radius 2 is 1.57 bits per heavy atom. The van der Waals surface area contributed by atoms with Crippen LogP contribution in [0.2, 0.25) is 5.02 Å². The van der Waals surface area contributed by atoms with Crippen LogP contribution in [0.4, 0.5) is 0 Å². The standard InChI is InChI=1S/C19H21ClO/c20-18-9-5-4-8-17(18)14-19(21)12-10-16(11-13-19)15-6-2-1-3-7-15/h1-9,16,21H,10-14H2. The first-order chi connectivity index (χ1) is 10.2. The molecule has 0 bridgehead atoms. The summed E-state index contributed by atoms with van der Waals surface area (Å²) in [5.41, 5.74) is 1.85. The van der Waals surface area contributed by atoms with Crippen molar-refractivity contribution in [1.29, 1.82) is 0 Å². The molecule has 0 radical (unpaired) electrons. The Labute approximate surface area is 131 Å². The van der Waals surface area contributed by atoms with Crippen LogP contribution < -0.4 is 0 Å². The lowest BCUT2D eigenvalue weighted by Crippen LogP contribution is -2.35. The van der Waals surface area contributed by atoms with Crippen LogP contribution in [0.15, 0.2) is 54.6 Å². The second-order valence-electron chi connectivity index (χ2n) is 6.18. The summed E-state index contributed by atoms with van der Waals surface area (Å²) in [7, 11) is 0. The molecule has 2 aromatic rings. The average molecular weight is 301 g/mol. The van der Waals surface area contributed by atoms with Gasteiger partial charge in [-0.05, 0) is 48.8 Å². The minimum atomic E-state index is -0.601. The van der Waals surface area contributed by atoms with Crippen molar-refractivity contribution in [2.24, 2.45) is 0 Å². The topological polar surface area (TPSA) is 20.2 Å². The molecular formula is C19H21ClO. The maximum atomic E-state index is 10.9. The van der Waals surface area contributed by atoms with Crippen LogP contribution in [-0.2, 0) is 6.42 Å². The van der Waals surface area contributed by atoms with Gasteiger partial charge in [0.2, 0.25) is 0 Å². The second-order valence-corrected chi connectivity index (χ2v) is 6.58. The van der Waals surface area contributed by atoms with Gasteiger partial charge in [-0.3, -0.25) is 0 Å². The van der Waals surface area contributed by atoms with Gasteiger partial charge in [0.05, 0.1) is 5.60 Å². The molecule has 0 amide bonds. The van der Waals surface area contributed by atoms with Gasteiger partial charge in [-0.25, -0.2) is 0 Å². The maximum Gasteiger partial charge on any atom is 0.0689 e. The van der Waals surface area contributed by atoms with E-state index in [4.69, 9.17) is 11.6 Å². The molecular weight excluding hydrogens is 280 g/mol. The molecule has 1 N–H and O–H groups in total. The lowest BCUT2D eigenvalue weighted by Gasteiger charge is -2.36. The number of aliphatic hydroxyl groups is 1. The Morgan fingerprint density at radius 3 is 2.24 bits per heavy atom. The molecule has 1 aliphatic rings. The van der Waals surface area contributed by atoms with E-state index in [0.29, 0.717) is 12.3 Å². The fourth-order valence-electron chi connectivity index (χ4n) is 3.39. The molecule has 0 saturated heterocycles. The van der Waals surface area contributed by atoms with Crippen LogP contribution >= 0.6 is 11.6 Å². The zero-order chi connectivity index (χ0) is 14.7. The van der Waals surface area contributed by atoms with E-state index in [9.17, 15) is 5.11 Å². The highest BCUT2D eigenvalue weighted by Gasteiger charge is 2.34. The number of benzene rings is 2. The van der Waals surface area contributed by atoms with Crippen molar-refractivity contribution in [3.63, 3.8) is 0 Å². The minimum absolute atomic E-state index is 0.581. The van der Waals surface area contributed by atoms with Gasteiger partial charge in [0.1, 0.15) is 0 Å². The van der Waals surface area contributed by atoms with Gasteiger partial charge in [0.15, 0.2) is 0 Å². The third-order valence-electron chi connectivity index (χ3n) is 4.66. The first-order valence-corrected chi connectivity index (χ1v) is 8.05. The van der Waals surface area contributed by atoms with Gasteiger partial charge in [-0.1, -0.05) is 60.1 Å². The summed E-state index contributed by atoms with van der Waals surface area (Å²) in [5.74, 6) is 0.581. The van der Waals surface area contributed by atoms with Crippen molar-refractivity contribution in [3.05, 3.63) is 70.7 Å². The molecule has 1 aliphatic carbocycles. The van der Waals surface area contributed by atoms with E-state index in [0.717, 1.165) is 36.3 Å². The summed E-state index contributed by atoms with van der Waals surface area (Å²) >= 11 is 6.22. The molecule has 0 aliphatic heterocycles. The van der Waals surface area contributed by atoms with Crippen molar-refractivity contribution >= 4 is 11.6 Å². The predicted molar refractivity (Wildman–Crippen MR) is 87.8 cm³/mol. The zero-order valence-electron chi connectivity index (χ0n) is 12.1. The van der Waals surface area contributed by atoms with Crippen LogP contribution in [0.1, 0.15) is 42.7 Å². The first kappa shape index (κ1) is 14.6. The van der Waals surface area contributed by atoms with E-state index < -0.39 is 5.60 Å². The quantitative estimate of drug-likeness (QED) is 0.848. The van der Waals surface area contributed by atoms with Crippen LogP contribution in [0.3, 0.4) is 0 Å². The summed E-state index contributed by atoms with van der Waals surface area (Å²) in [6.45, 7) is 0. The Morgan fingerprint density at radius 1 is 0.952 bits per heavy atom. The summed E-state index contributed by atoms with van der Waals surface area (Å²) in [4.78, 5) is 0. The molecule has 0 unspecified atom stereocenters. The fourth-order valence-corrected chi connectivity index (χ4v) is 3.59. The summed E-state index contributed by atoms with van der Waals surface area (Å²) in [6, 6.07) is 18.5. The summed E-state index contributed by atoms with van der Waals surface area (Å²) in [5, 5.41) is 11.6. The van der Waals surface area contributed by atoms with Crippen molar-refractivity contribution in [2.75, 3.05) is 0 Å². The number of hydrogen-bond acceptors (Lipinski definition) is 1. The van der Waals surface area contributed by atoms with Gasteiger partial charge in [0.25, 0.3) is 0 Å². The zero-order valence-corrected chi connectivity index (χ0v) is 12.9. The maximum absolute atomic E-state index is 10.9. The Bertz CT molecular complexity index is 586. The summed E-state index contributed by atoms with van der Waals surface area (Å²) < 4.78 is 0. The number of hydrogen-bond donors (Lipinski definition) is 1. The predicted octanol–water partition coefficient (Wildman–Crippen LogP) is 4.97. The molecule has 0 spiro atoms. The lowest BCUT2D eigenvalue weighted by atomic mass is 9.74. The van der Waals surface area contributed by atoms with E-state index in [1.165, 1.54) is 5.56 Å². The third kappa shape index (κ3) is 3.48. The average Bonchev–Trinajstić information content (AvgIpc) is 2.51. The number of rotatable bonds is 3. The van der Waals surface area contributed by atoms with Crippen LogP contribution in [0, 0.1) is 0 Å². The molecule has 1 nitrogen and oxygen atoms in total. The molecule has 2 aromatic carbocycles.